The summed E-state index contributed by atoms with van der Waals surface area (Å²) in [4.78, 5) is 12.9. The molecule has 0 atom stereocenters. The van der Waals surface area contributed by atoms with E-state index in [-0.39, 0.29) is 0 Å². The lowest BCUT2D eigenvalue weighted by Crippen LogP contribution is -2.23. The maximum absolute atomic E-state index is 6.16. The minimum absolute atomic E-state index is 0.434. The van der Waals surface area contributed by atoms with Crippen LogP contribution in [-0.2, 0) is 0 Å². The van der Waals surface area contributed by atoms with Crippen molar-refractivity contribution < 1.29 is 0 Å². The Hall–Kier alpha value is -1.81. The molecule has 1 aliphatic rings. The maximum atomic E-state index is 6.16. The van der Waals surface area contributed by atoms with E-state index in [2.05, 4.69) is 9.97 Å². The van der Waals surface area contributed by atoms with Crippen LogP contribution in [0.25, 0.3) is 11.0 Å². The number of rotatable bonds is 1. The highest BCUT2D eigenvalue weighted by molar-refractivity contribution is 6.32. The Morgan fingerprint density at radius 3 is 2.47 bits per heavy atom. The standard InChI is InChI=1S/C12H11ClN4/c1-16-6-7-17(8-16)12-11(13)14-9-4-2-3-5-10(9)15-12/h2-7H,8H2,1H3. The fourth-order valence-corrected chi connectivity index (χ4v) is 2.06. The van der Waals surface area contributed by atoms with E-state index in [9.17, 15) is 0 Å². The molecule has 0 amide bonds. The van der Waals surface area contributed by atoms with E-state index in [1.165, 1.54) is 0 Å². The zero-order valence-electron chi connectivity index (χ0n) is 9.34. The van der Waals surface area contributed by atoms with Gasteiger partial charge in [-0.1, -0.05) is 23.7 Å². The van der Waals surface area contributed by atoms with Crippen molar-refractivity contribution in [3.05, 3.63) is 41.8 Å². The highest BCUT2D eigenvalue weighted by atomic mass is 35.5. The van der Waals surface area contributed by atoms with Gasteiger partial charge in [0.2, 0.25) is 0 Å². The lowest BCUT2D eigenvalue weighted by atomic mass is 10.3. The average Bonchev–Trinajstić information content (AvgIpc) is 2.75. The van der Waals surface area contributed by atoms with Gasteiger partial charge in [0.25, 0.3) is 0 Å². The molecule has 1 aromatic carbocycles. The van der Waals surface area contributed by atoms with E-state index in [4.69, 9.17) is 11.6 Å². The van der Waals surface area contributed by atoms with Crippen molar-refractivity contribution in [2.45, 2.75) is 0 Å². The van der Waals surface area contributed by atoms with Crippen molar-refractivity contribution in [2.24, 2.45) is 0 Å². The van der Waals surface area contributed by atoms with Crippen LogP contribution >= 0.6 is 11.6 Å². The summed E-state index contributed by atoms with van der Waals surface area (Å²) in [5, 5.41) is 0.434. The smallest absolute Gasteiger partial charge is 0.172 e. The third-order valence-corrected chi connectivity index (χ3v) is 2.91. The van der Waals surface area contributed by atoms with Crippen molar-refractivity contribution in [1.82, 2.24) is 14.9 Å². The lowest BCUT2D eigenvalue weighted by molar-refractivity contribution is 0.494. The number of hydrogen-bond donors (Lipinski definition) is 0. The van der Waals surface area contributed by atoms with Crippen LogP contribution in [0.1, 0.15) is 0 Å². The third-order valence-electron chi connectivity index (χ3n) is 2.66. The van der Waals surface area contributed by atoms with Crippen molar-refractivity contribution >= 4 is 28.5 Å². The summed E-state index contributed by atoms with van der Waals surface area (Å²) >= 11 is 6.16. The molecule has 0 bridgehead atoms. The van der Waals surface area contributed by atoms with Crippen LogP contribution in [0.5, 0.6) is 0 Å². The van der Waals surface area contributed by atoms with E-state index in [0.29, 0.717) is 11.0 Å². The Bertz CT molecular complexity index is 596. The van der Waals surface area contributed by atoms with Crippen LogP contribution in [0.15, 0.2) is 36.7 Å². The first kappa shape index (κ1) is 10.4. The summed E-state index contributed by atoms with van der Waals surface area (Å²) < 4.78 is 0. The summed E-state index contributed by atoms with van der Waals surface area (Å²) in [5.41, 5.74) is 1.67. The molecular weight excluding hydrogens is 236 g/mol. The first-order valence-corrected chi connectivity index (χ1v) is 5.69. The first-order chi connectivity index (χ1) is 8.24. The molecule has 2 aromatic rings. The molecule has 0 fully saturated rings. The van der Waals surface area contributed by atoms with Crippen LogP contribution in [0, 0.1) is 0 Å². The third kappa shape index (κ3) is 1.80. The molecule has 4 nitrogen and oxygen atoms in total. The van der Waals surface area contributed by atoms with E-state index in [1.54, 1.807) is 0 Å². The van der Waals surface area contributed by atoms with Crippen molar-refractivity contribution in [3.8, 4) is 0 Å². The molecule has 1 aliphatic heterocycles. The second-order valence-corrected chi connectivity index (χ2v) is 4.35. The zero-order chi connectivity index (χ0) is 11.8. The first-order valence-electron chi connectivity index (χ1n) is 5.31. The molecule has 2 heterocycles. The van der Waals surface area contributed by atoms with E-state index >= 15 is 0 Å². The predicted octanol–water partition coefficient (Wildman–Crippen LogP) is 2.46. The monoisotopic (exact) mass is 246 g/mol. The number of hydrogen-bond acceptors (Lipinski definition) is 4. The van der Waals surface area contributed by atoms with Gasteiger partial charge in [-0.25, -0.2) is 9.97 Å². The highest BCUT2D eigenvalue weighted by Crippen LogP contribution is 2.26. The summed E-state index contributed by atoms with van der Waals surface area (Å²) in [6.07, 6.45) is 3.93. The Kier molecular flexibility index (Phi) is 2.37. The minimum atomic E-state index is 0.434. The van der Waals surface area contributed by atoms with Crippen LogP contribution in [0.2, 0.25) is 5.15 Å². The number of nitrogens with zero attached hydrogens (tertiary/aromatic N) is 4. The van der Waals surface area contributed by atoms with Crippen LogP contribution in [0.3, 0.4) is 0 Å². The summed E-state index contributed by atoms with van der Waals surface area (Å²) in [5.74, 6) is 0.700. The maximum Gasteiger partial charge on any atom is 0.172 e. The van der Waals surface area contributed by atoms with Gasteiger partial charge >= 0.3 is 0 Å². The fraction of sp³-hybridized carbons (Fsp3) is 0.167. The van der Waals surface area contributed by atoms with Crippen molar-refractivity contribution in [3.63, 3.8) is 0 Å². The summed E-state index contributed by atoms with van der Waals surface area (Å²) in [7, 11) is 2.00. The van der Waals surface area contributed by atoms with E-state index in [0.717, 1.165) is 17.7 Å². The van der Waals surface area contributed by atoms with Gasteiger partial charge in [-0.2, -0.15) is 0 Å². The second-order valence-electron chi connectivity index (χ2n) is 3.99. The van der Waals surface area contributed by atoms with Gasteiger partial charge in [0.15, 0.2) is 11.0 Å². The number of halogens is 1. The second kappa shape index (κ2) is 3.89. The summed E-state index contributed by atoms with van der Waals surface area (Å²) in [6.45, 7) is 0.743. The predicted molar refractivity (Wildman–Crippen MR) is 68.8 cm³/mol. The molecule has 86 valence electrons. The molecule has 17 heavy (non-hydrogen) atoms. The largest absolute Gasteiger partial charge is 0.361 e. The fourth-order valence-electron chi connectivity index (χ4n) is 1.82. The van der Waals surface area contributed by atoms with Crippen molar-refractivity contribution in [2.75, 3.05) is 18.6 Å². The number of anilines is 1. The van der Waals surface area contributed by atoms with Crippen LogP contribution < -0.4 is 4.90 Å². The number of benzene rings is 1. The van der Waals surface area contributed by atoms with Gasteiger partial charge in [0, 0.05) is 19.4 Å². The van der Waals surface area contributed by atoms with Crippen LogP contribution in [-0.4, -0.2) is 28.6 Å². The molecule has 5 heteroatoms. The van der Waals surface area contributed by atoms with Gasteiger partial charge in [-0.05, 0) is 12.1 Å². The molecule has 0 saturated heterocycles. The van der Waals surface area contributed by atoms with Gasteiger partial charge in [-0.3, -0.25) is 0 Å². The van der Waals surface area contributed by atoms with Gasteiger partial charge in [-0.15, -0.1) is 0 Å². The molecular formula is C12H11ClN4. The number of fused-ring (bicyclic) bond motifs is 1. The SMILES string of the molecule is CN1C=CN(c2nc3ccccc3nc2Cl)C1. The summed E-state index contributed by atoms with van der Waals surface area (Å²) in [6, 6.07) is 7.72. The molecule has 0 saturated carbocycles. The molecule has 0 radical (unpaired) electrons. The normalized spacial score (nSPS) is 14.9. The molecule has 0 unspecified atom stereocenters. The lowest BCUT2D eigenvalue weighted by Gasteiger charge is -2.18. The Morgan fingerprint density at radius 2 is 1.82 bits per heavy atom. The number of para-hydroxylation sites is 2. The number of aromatic nitrogens is 2. The molecule has 0 N–H and O–H groups in total. The Labute approximate surface area is 104 Å². The zero-order valence-corrected chi connectivity index (χ0v) is 10.1. The van der Waals surface area contributed by atoms with Crippen LogP contribution in [0.4, 0.5) is 5.82 Å². The molecule has 0 aliphatic carbocycles. The van der Waals surface area contributed by atoms with E-state index in [1.807, 2.05) is 53.5 Å². The molecule has 1 aromatic heterocycles. The quantitative estimate of drug-likeness (QED) is 0.774. The average molecular weight is 247 g/mol. The Morgan fingerprint density at radius 1 is 1.12 bits per heavy atom. The minimum Gasteiger partial charge on any atom is -0.361 e. The highest BCUT2D eigenvalue weighted by Gasteiger charge is 2.16. The Balaban J connectivity index is 2.10. The van der Waals surface area contributed by atoms with Gasteiger partial charge in [0.05, 0.1) is 17.7 Å². The van der Waals surface area contributed by atoms with Crippen molar-refractivity contribution in [1.29, 1.82) is 0 Å². The topological polar surface area (TPSA) is 32.3 Å². The van der Waals surface area contributed by atoms with Gasteiger partial charge < -0.3 is 9.80 Å². The molecule has 3 rings (SSSR count). The van der Waals surface area contributed by atoms with E-state index < -0.39 is 0 Å². The van der Waals surface area contributed by atoms with Gasteiger partial charge in [0.1, 0.15) is 0 Å². The molecule has 0 spiro atoms.